The predicted octanol–water partition coefficient (Wildman–Crippen LogP) is -0.551. The summed E-state index contributed by atoms with van der Waals surface area (Å²) >= 11 is 0. The van der Waals surface area contributed by atoms with Gasteiger partial charge in [-0.15, -0.1) is 0 Å². The molecule has 16 heavy (non-hydrogen) atoms. The van der Waals surface area contributed by atoms with E-state index in [4.69, 9.17) is 10.5 Å². The maximum atomic E-state index is 12.0. The molecule has 7 nitrogen and oxygen atoms in total. The fourth-order valence-corrected chi connectivity index (χ4v) is 3.07. The molecule has 1 aromatic heterocycles. The van der Waals surface area contributed by atoms with Gasteiger partial charge in [-0.25, -0.2) is 13.1 Å². The Kier molecular flexibility index (Phi) is 2.64. The van der Waals surface area contributed by atoms with Crippen LogP contribution in [0.2, 0.25) is 0 Å². The molecule has 0 saturated carbocycles. The number of aromatic amines is 1. The number of nitrogens with zero attached hydrogens (tertiary/aromatic N) is 1. The first-order valence-corrected chi connectivity index (χ1v) is 6.32. The standard InChI is InChI=1S/C8H14N4O3S/c1-8(2-3-15-5-8)12-16(13,14)6-4-10-11-7(6)9/h4,12H,2-3,5H2,1H3,(H3,9,10,11). The summed E-state index contributed by atoms with van der Waals surface area (Å²) in [6, 6.07) is 0. The summed E-state index contributed by atoms with van der Waals surface area (Å²) in [6.45, 7) is 2.72. The lowest BCUT2D eigenvalue weighted by atomic mass is 10.0. The third-order valence-corrected chi connectivity index (χ3v) is 4.19. The topological polar surface area (TPSA) is 110 Å². The van der Waals surface area contributed by atoms with Gasteiger partial charge in [-0.1, -0.05) is 0 Å². The summed E-state index contributed by atoms with van der Waals surface area (Å²) in [6.07, 6.45) is 1.83. The van der Waals surface area contributed by atoms with Gasteiger partial charge in [-0.05, 0) is 13.3 Å². The van der Waals surface area contributed by atoms with Crippen LogP contribution < -0.4 is 10.5 Å². The summed E-state index contributed by atoms with van der Waals surface area (Å²) in [4.78, 5) is -0.0272. The number of H-pyrrole nitrogens is 1. The van der Waals surface area contributed by atoms with E-state index in [1.54, 1.807) is 6.92 Å². The van der Waals surface area contributed by atoms with Crippen molar-refractivity contribution in [2.24, 2.45) is 0 Å². The van der Waals surface area contributed by atoms with E-state index >= 15 is 0 Å². The van der Waals surface area contributed by atoms with Gasteiger partial charge in [0.25, 0.3) is 0 Å². The van der Waals surface area contributed by atoms with Crippen molar-refractivity contribution in [3.63, 3.8) is 0 Å². The van der Waals surface area contributed by atoms with Crippen molar-refractivity contribution in [3.05, 3.63) is 6.20 Å². The molecule has 90 valence electrons. The Bertz CT molecular complexity index is 475. The highest BCUT2D eigenvalue weighted by Crippen LogP contribution is 2.22. The second-order valence-corrected chi connectivity index (χ2v) is 5.77. The van der Waals surface area contributed by atoms with Crippen molar-refractivity contribution < 1.29 is 13.2 Å². The van der Waals surface area contributed by atoms with E-state index in [0.29, 0.717) is 19.6 Å². The summed E-state index contributed by atoms with van der Waals surface area (Å²) in [5.41, 5.74) is 4.91. The number of anilines is 1. The third-order valence-electron chi connectivity index (χ3n) is 2.52. The van der Waals surface area contributed by atoms with Crippen LogP contribution >= 0.6 is 0 Å². The van der Waals surface area contributed by atoms with Crippen LogP contribution in [0.3, 0.4) is 0 Å². The van der Waals surface area contributed by atoms with Gasteiger partial charge in [-0.2, -0.15) is 5.10 Å². The Labute approximate surface area is 93.4 Å². The first-order chi connectivity index (χ1) is 7.43. The Balaban J connectivity index is 2.24. The molecule has 1 fully saturated rings. The van der Waals surface area contributed by atoms with Crippen molar-refractivity contribution in [2.75, 3.05) is 18.9 Å². The van der Waals surface area contributed by atoms with Gasteiger partial charge in [0.2, 0.25) is 10.0 Å². The minimum atomic E-state index is -3.64. The number of hydrogen-bond donors (Lipinski definition) is 3. The SMILES string of the molecule is CC1(NS(=O)(=O)c2cn[nH]c2N)CCOC1. The zero-order valence-corrected chi connectivity index (χ0v) is 9.67. The number of rotatable bonds is 3. The molecule has 0 bridgehead atoms. The second kappa shape index (κ2) is 3.72. The van der Waals surface area contributed by atoms with Gasteiger partial charge in [0.1, 0.15) is 10.7 Å². The maximum Gasteiger partial charge on any atom is 0.246 e. The molecular formula is C8H14N4O3S. The van der Waals surface area contributed by atoms with Gasteiger partial charge in [-0.3, -0.25) is 5.10 Å². The minimum Gasteiger partial charge on any atom is -0.383 e. The van der Waals surface area contributed by atoms with Crippen molar-refractivity contribution in [1.82, 2.24) is 14.9 Å². The highest BCUT2D eigenvalue weighted by atomic mass is 32.2. The molecule has 1 saturated heterocycles. The lowest BCUT2D eigenvalue weighted by Crippen LogP contribution is -2.46. The average molecular weight is 246 g/mol. The van der Waals surface area contributed by atoms with Gasteiger partial charge in [0.15, 0.2) is 0 Å². The molecule has 0 amide bonds. The smallest absolute Gasteiger partial charge is 0.246 e. The predicted molar refractivity (Wildman–Crippen MR) is 57.2 cm³/mol. The van der Waals surface area contributed by atoms with Crippen molar-refractivity contribution in [1.29, 1.82) is 0 Å². The number of hydrogen-bond acceptors (Lipinski definition) is 5. The number of ether oxygens (including phenoxy) is 1. The molecule has 0 aromatic carbocycles. The first kappa shape index (κ1) is 11.4. The van der Waals surface area contributed by atoms with Crippen LogP contribution in [-0.4, -0.2) is 37.4 Å². The van der Waals surface area contributed by atoms with Crippen LogP contribution in [0.25, 0.3) is 0 Å². The summed E-state index contributed by atoms with van der Waals surface area (Å²) in [5.74, 6) is 0.0371. The number of sulfonamides is 1. The van der Waals surface area contributed by atoms with E-state index in [0.717, 1.165) is 0 Å². The lowest BCUT2D eigenvalue weighted by Gasteiger charge is -2.22. The zero-order chi connectivity index (χ0) is 11.8. The monoisotopic (exact) mass is 246 g/mol. The van der Waals surface area contributed by atoms with Crippen molar-refractivity contribution in [2.45, 2.75) is 23.8 Å². The number of nitrogen functional groups attached to an aromatic ring is 1. The van der Waals surface area contributed by atoms with Gasteiger partial charge < -0.3 is 10.5 Å². The van der Waals surface area contributed by atoms with Crippen LogP contribution in [0.4, 0.5) is 5.82 Å². The highest BCUT2D eigenvalue weighted by Gasteiger charge is 2.35. The molecule has 2 heterocycles. The highest BCUT2D eigenvalue weighted by molar-refractivity contribution is 7.89. The van der Waals surface area contributed by atoms with E-state index < -0.39 is 15.6 Å². The largest absolute Gasteiger partial charge is 0.383 e. The molecule has 0 radical (unpaired) electrons. The maximum absolute atomic E-state index is 12.0. The van der Waals surface area contributed by atoms with E-state index in [2.05, 4.69) is 14.9 Å². The molecular weight excluding hydrogens is 232 g/mol. The van der Waals surface area contributed by atoms with Crippen LogP contribution in [-0.2, 0) is 14.8 Å². The number of nitrogens with two attached hydrogens (primary N) is 1. The first-order valence-electron chi connectivity index (χ1n) is 4.84. The van der Waals surface area contributed by atoms with Crippen LogP contribution in [0, 0.1) is 0 Å². The molecule has 4 N–H and O–H groups in total. The van der Waals surface area contributed by atoms with E-state index in [-0.39, 0.29) is 10.7 Å². The molecule has 1 atom stereocenters. The van der Waals surface area contributed by atoms with E-state index in [1.165, 1.54) is 6.20 Å². The average Bonchev–Trinajstić information content (AvgIpc) is 2.73. The molecule has 1 unspecified atom stereocenters. The fourth-order valence-electron chi connectivity index (χ4n) is 1.63. The molecule has 0 aliphatic carbocycles. The molecule has 1 aliphatic heterocycles. The molecule has 1 aromatic rings. The van der Waals surface area contributed by atoms with Gasteiger partial charge >= 0.3 is 0 Å². The Morgan fingerprint density at radius 1 is 1.69 bits per heavy atom. The number of nitrogens with one attached hydrogen (secondary N) is 2. The molecule has 0 spiro atoms. The Morgan fingerprint density at radius 2 is 2.44 bits per heavy atom. The van der Waals surface area contributed by atoms with Crippen molar-refractivity contribution in [3.8, 4) is 0 Å². The Morgan fingerprint density at radius 3 is 2.94 bits per heavy atom. The van der Waals surface area contributed by atoms with Gasteiger partial charge in [0.05, 0.1) is 18.3 Å². The molecule has 2 rings (SSSR count). The fraction of sp³-hybridized carbons (Fsp3) is 0.625. The van der Waals surface area contributed by atoms with Crippen molar-refractivity contribution >= 4 is 15.8 Å². The number of aromatic nitrogens is 2. The van der Waals surface area contributed by atoms with Crippen LogP contribution in [0.15, 0.2) is 11.1 Å². The quantitative estimate of drug-likeness (QED) is 0.662. The third kappa shape index (κ3) is 2.04. The van der Waals surface area contributed by atoms with E-state index in [9.17, 15) is 8.42 Å². The minimum absolute atomic E-state index is 0.0272. The van der Waals surface area contributed by atoms with Crippen LogP contribution in [0.5, 0.6) is 0 Å². The summed E-state index contributed by atoms with van der Waals surface area (Å²) in [5, 5.41) is 5.97. The zero-order valence-electron chi connectivity index (χ0n) is 8.86. The molecule has 1 aliphatic rings. The second-order valence-electron chi connectivity index (χ2n) is 4.12. The summed E-state index contributed by atoms with van der Waals surface area (Å²) < 4.78 is 31.7. The van der Waals surface area contributed by atoms with Gasteiger partial charge in [0, 0.05) is 6.61 Å². The van der Waals surface area contributed by atoms with Crippen LogP contribution in [0.1, 0.15) is 13.3 Å². The van der Waals surface area contributed by atoms with E-state index in [1.807, 2.05) is 0 Å². The normalized spacial score (nSPS) is 26.1. The summed E-state index contributed by atoms with van der Waals surface area (Å²) in [7, 11) is -3.64. The molecule has 8 heteroatoms. The Hall–Kier alpha value is -1.12. The lowest BCUT2D eigenvalue weighted by molar-refractivity contribution is 0.178.